The highest BCUT2D eigenvalue weighted by molar-refractivity contribution is 5.75. The van der Waals surface area contributed by atoms with Crippen LogP contribution in [0, 0.1) is 0 Å². The molecule has 1 unspecified atom stereocenters. The van der Waals surface area contributed by atoms with E-state index in [2.05, 4.69) is 32.1 Å². The maximum atomic E-state index is 4.36. The summed E-state index contributed by atoms with van der Waals surface area (Å²) in [5.41, 5.74) is 0. The molecule has 1 heterocycles. The summed E-state index contributed by atoms with van der Waals surface area (Å²) in [7, 11) is 2.26. The fourth-order valence-corrected chi connectivity index (χ4v) is 2.69. The number of quaternary nitrogens is 1. The lowest BCUT2D eigenvalue weighted by molar-refractivity contribution is -0.764. The first-order valence-corrected chi connectivity index (χ1v) is 8.27. The van der Waals surface area contributed by atoms with Gasteiger partial charge in [0.15, 0.2) is 0 Å². The van der Waals surface area contributed by atoms with Crippen molar-refractivity contribution in [3.63, 3.8) is 0 Å². The van der Waals surface area contributed by atoms with Crippen molar-refractivity contribution in [2.75, 3.05) is 13.6 Å². The second-order valence-electron chi connectivity index (χ2n) is 6.15. The monoisotopic (exact) mass is 265 g/mol. The van der Waals surface area contributed by atoms with Crippen LogP contribution in [0.5, 0.6) is 0 Å². The molecule has 0 bridgehead atoms. The molecule has 2 nitrogen and oxygen atoms in total. The van der Waals surface area contributed by atoms with Crippen LogP contribution >= 0.6 is 0 Å². The molecular weight excluding hydrogens is 232 g/mol. The van der Waals surface area contributed by atoms with Gasteiger partial charge in [-0.15, -0.1) is 0 Å². The molecule has 1 aliphatic heterocycles. The first kappa shape index (κ1) is 16.4. The molecule has 0 spiro atoms. The predicted molar refractivity (Wildman–Crippen MR) is 85.1 cm³/mol. The van der Waals surface area contributed by atoms with E-state index in [0.29, 0.717) is 0 Å². The van der Waals surface area contributed by atoms with Gasteiger partial charge in [-0.25, -0.2) is 4.99 Å². The molecule has 0 aromatic rings. The summed E-state index contributed by atoms with van der Waals surface area (Å²) >= 11 is 0. The Morgan fingerprint density at radius 3 is 1.89 bits per heavy atom. The summed E-state index contributed by atoms with van der Waals surface area (Å²) in [4.78, 5) is 4.36. The highest BCUT2D eigenvalue weighted by Gasteiger charge is 2.25. The standard InChI is InChI=1S/C17H33N2/c1-4-5-6-7-8-9-10-11-12-13-15-19(3)16-14-18-17(19)2/h14,16H,4-13,15H2,1-3H3/q+1. The van der Waals surface area contributed by atoms with Crippen molar-refractivity contribution < 1.29 is 4.48 Å². The predicted octanol–water partition coefficient (Wildman–Crippen LogP) is 5.26. The molecule has 0 N–H and O–H groups in total. The number of aliphatic imine (C=N–C) groups is 1. The highest BCUT2D eigenvalue weighted by atomic mass is 15.4. The lowest BCUT2D eigenvalue weighted by atomic mass is 10.1. The Morgan fingerprint density at radius 1 is 0.895 bits per heavy atom. The van der Waals surface area contributed by atoms with Gasteiger partial charge in [-0.2, -0.15) is 0 Å². The van der Waals surface area contributed by atoms with Crippen LogP contribution in [0.1, 0.15) is 78.1 Å². The van der Waals surface area contributed by atoms with Crippen molar-refractivity contribution in [2.45, 2.75) is 78.1 Å². The molecule has 110 valence electrons. The smallest absolute Gasteiger partial charge is 0.204 e. The Labute approximate surface area is 120 Å². The van der Waals surface area contributed by atoms with Gasteiger partial charge in [0.1, 0.15) is 6.20 Å². The van der Waals surface area contributed by atoms with Gasteiger partial charge < -0.3 is 0 Å². The minimum Gasteiger partial charge on any atom is -0.254 e. The van der Waals surface area contributed by atoms with Gasteiger partial charge in [0.2, 0.25) is 5.84 Å². The van der Waals surface area contributed by atoms with Crippen molar-refractivity contribution in [3.8, 4) is 0 Å². The zero-order chi connectivity index (χ0) is 14.0. The minimum absolute atomic E-state index is 0.928. The Morgan fingerprint density at radius 2 is 1.42 bits per heavy atom. The number of amidine groups is 1. The quantitative estimate of drug-likeness (QED) is 0.357. The first-order valence-electron chi connectivity index (χ1n) is 8.27. The van der Waals surface area contributed by atoms with E-state index in [0.717, 1.165) is 4.48 Å². The molecule has 0 fully saturated rings. The van der Waals surface area contributed by atoms with Gasteiger partial charge in [0.05, 0.1) is 19.8 Å². The first-order chi connectivity index (χ1) is 9.19. The van der Waals surface area contributed by atoms with E-state index in [1.807, 2.05) is 6.20 Å². The maximum Gasteiger partial charge on any atom is 0.204 e. The van der Waals surface area contributed by atoms with Crippen LogP contribution < -0.4 is 0 Å². The lowest BCUT2D eigenvalue weighted by Gasteiger charge is -2.25. The average molecular weight is 265 g/mol. The molecular formula is C17H33N2+. The molecule has 0 aromatic heterocycles. The zero-order valence-electron chi connectivity index (χ0n) is 13.3. The van der Waals surface area contributed by atoms with Gasteiger partial charge in [-0.1, -0.05) is 58.3 Å². The second kappa shape index (κ2) is 9.30. The second-order valence-corrected chi connectivity index (χ2v) is 6.15. The summed E-state index contributed by atoms with van der Waals surface area (Å²) in [6.07, 6.45) is 18.3. The minimum atomic E-state index is 0.928. The van der Waals surface area contributed by atoms with Crippen LogP contribution in [0.3, 0.4) is 0 Å². The highest BCUT2D eigenvalue weighted by Crippen LogP contribution is 2.16. The summed E-state index contributed by atoms with van der Waals surface area (Å²) in [5, 5.41) is 0. The van der Waals surface area contributed by atoms with E-state index in [1.165, 1.54) is 76.6 Å². The van der Waals surface area contributed by atoms with E-state index in [4.69, 9.17) is 0 Å². The molecule has 0 radical (unpaired) electrons. The Kier molecular flexibility index (Phi) is 8.04. The van der Waals surface area contributed by atoms with Crippen LogP contribution in [0.15, 0.2) is 17.4 Å². The normalized spacial score (nSPS) is 21.9. The summed E-state index contributed by atoms with van der Waals surface area (Å²) < 4.78 is 0.928. The number of rotatable bonds is 11. The van der Waals surface area contributed by atoms with E-state index in [-0.39, 0.29) is 0 Å². The number of hydrogen-bond donors (Lipinski definition) is 0. The average Bonchev–Trinajstić information content (AvgIpc) is 2.72. The fraction of sp³-hybridized carbons (Fsp3) is 0.824. The Hall–Kier alpha value is -0.630. The third-order valence-corrected chi connectivity index (χ3v) is 4.37. The van der Waals surface area contributed by atoms with Crippen LogP contribution in [0.4, 0.5) is 0 Å². The lowest BCUT2D eigenvalue weighted by Crippen LogP contribution is -2.41. The number of nitrogens with zero attached hydrogens (tertiary/aromatic N) is 2. The van der Waals surface area contributed by atoms with Crippen molar-refractivity contribution in [2.24, 2.45) is 4.99 Å². The zero-order valence-corrected chi connectivity index (χ0v) is 13.3. The molecule has 0 amide bonds. The molecule has 1 aliphatic rings. The molecule has 0 saturated carbocycles. The molecule has 0 aliphatic carbocycles. The third kappa shape index (κ3) is 6.38. The largest absolute Gasteiger partial charge is 0.254 e. The molecule has 2 heteroatoms. The maximum absolute atomic E-state index is 4.36. The van der Waals surface area contributed by atoms with Gasteiger partial charge in [-0.05, 0) is 12.8 Å². The van der Waals surface area contributed by atoms with Crippen LogP contribution in [-0.2, 0) is 0 Å². The van der Waals surface area contributed by atoms with Gasteiger partial charge in [0.25, 0.3) is 0 Å². The molecule has 0 saturated heterocycles. The summed E-state index contributed by atoms with van der Waals surface area (Å²) in [5.74, 6) is 1.23. The van der Waals surface area contributed by atoms with Gasteiger partial charge >= 0.3 is 0 Å². The van der Waals surface area contributed by atoms with Gasteiger partial charge in [-0.3, -0.25) is 4.48 Å². The van der Waals surface area contributed by atoms with Crippen molar-refractivity contribution >= 4 is 5.84 Å². The molecule has 1 atom stereocenters. The number of hydrogen-bond acceptors (Lipinski definition) is 1. The molecule has 0 aromatic carbocycles. The van der Waals surface area contributed by atoms with E-state index in [9.17, 15) is 0 Å². The summed E-state index contributed by atoms with van der Waals surface area (Å²) in [6.45, 7) is 5.63. The Balaban J connectivity index is 1.89. The topological polar surface area (TPSA) is 12.4 Å². The Bertz CT molecular complexity index is 294. The van der Waals surface area contributed by atoms with Crippen LogP contribution in [-0.4, -0.2) is 23.9 Å². The summed E-state index contributed by atoms with van der Waals surface area (Å²) in [6, 6.07) is 0. The van der Waals surface area contributed by atoms with E-state index >= 15 is 0 Å². The number of unbranched alkanes of at least 4 members (excludes halogenated alkanes) is 9. The van der Waals surface area contributed by atoms with E-state index in [1.54, 1.807) is 0 Å². The fourth-order valence-electron chi connectivity index (χ4n) is 2.69. The van der Waals surface area contributed by atoms with Crippen molar-refractivity contribution in [1.29, 1.82) is 0 Å². The van der Waals surface area contributed by atoms with Crippen LogP contribution in [0.2, 0.25) is 0 Å². The van der Waals surface area contributed by atoms with Gasteiger partial charge in [0, 0.05) is 6.92 Å². The third-order valence-electron chi connectivity index (χ3n) is 4.37. The molecule has 1 rings (SSSR count). The SMILES string of the molecule is CCCCCCCCCCCC[N+]1(C)C=CN=C1C. The van der Waals surface area contributed by atoms with Crippen LogP contribution in [0.25, 0.3) is 0 Å². The van der Waals surface area contributed by atoms with Crippen molar-refractivity contribution in [1.82, 2.24) is 0 Å². The van der Waals surface area contributed by atoms with E-state index < -0.39 is 0 Å². The van der Waals surface area contributed by atoms with Crippen molar-refractivity contribution in [3.05, 3.63) is 12.4 Å². The molecule has 19 heavy (non-hydrogen) atoms.